The second-order valence-electron chi connectivity index (χ2n) is 10.6. The highest BCUT2D eigenvalue weighted by atomic mass is 16.6. The molecule has 1 fully saturated rings. The fraction of sp³-hybridized carbons (Fsp3) is 0.333. The standard InChI is InChI=1S/C33H35N5O7/c1-41-27-15-13-24(14-16-27)19-38-28(39)17-18-37(32(38)40)31-29(42-2)30(44-21-26-11-7-4-8-12-26)33(45-31,22-35-36-34)23-43-20-25-9-5-3-6-10-25/h3-18,29-31H,19-23H2,1-2H3/t29-,30+,31-,33-/m1/s1. The molecule has 0 bridgehead atoms. The summed E-state index contributed by atoms with van der Waals surface area (Å²) in [5.41, 5.74) is 9.50. The van der Waals surface area contributed by atoms with Crippen LogP contribution in [0.1, 0.15) is 22.9 Å². The summed E-state index contributed by atoms with van der Waals surface area (Å²) in [4.78, 5) is 29.8. The van der Waals surface area contributed by atoms with Gasteiger partial charge in [-0.25, -0.2) is 4.79 Å². The Morgan fingerprint density at radius 1 is 0.889 bits per heavy atom. The van der Waals surface area contributed by atoms with Crippen LogP contribution >= 0.6 is 0 Å². The van der Waals surface area contributed by atoms with Crippen LogP contribution in [-0.2, 0) is 38.7 Å². The van der Waals surface area contributed by atoms with Gasteiger partial charge in [0.1, 0.15) is 23.6 Å². The molecule has 4 atom stereocenters. The van der Waals surface area contributed by atoms with Gasteiger partial charge in [-0.2, -0.15) is 0 Å². The number of benzene rings is 3. The van der Waals surface area contributed by atoms with Crippen molar-refractivity contribution < 1.29 is 23.7 Å². The van der Waals surface area contributed by atoms with Gasteiger partial charge >= 0.3 is 5.69 Å². The lowest BCUT2D eigenvalue weighted by atomic mass is 9.95. The molecule has 1 saturated heterocycles. The predicted octanol–water partition coefficient (Wildman–Crippen LogP) is 4.46. The number of nitrogens with zero attached hydrogens (tertiary/aromatic N) is 5. The third kappa shape index (κ3) is 7.34. The van der Waals surface area contributed by atoms with Crippen molar-refractivity contribution >= 4 is 0 Å². The van der Waals surface area contributed by atoms with E-state index in [-0.39, 0.29) is 32.9 Å². The molecule has 12 nitrogen and oxygen atoms in total. The Morgan fingerprint density at radius 3 is 2.18 bits per heavy atom. The predicted molar refractivity (Wildman–Crippen MR) is 166 cm³/mol. The molecule has 0 aliphatic carbocycles. The van der Waals surface area contributed by atoms with Gasteiger partial charge in [-0.3, -0.25) is 13.9 Å². The summed E-state index contributed by atoms with van der Waals surface area (Å²) >= 11 is 0. The highest BCUT2D eigenvalue weighted by Gasteiger charge is 2.57. The lowest BCUT2D eigenvalue weighted by Gasteiger charge is -2.33. The Labute approximate surface area is 259 Å². The molecule has 0 saturated carbocycles. The van der Waals surface area contributed by atoms with Crippen LogP contribution in [0.25, 0.3) is 10.4 Å². The zero-order chi connectivity index (χ0) is 31.6. The van der Waals surface area contributed by atoms with E-state index in [4.69, 9.17) is 23.7 Å². The second kappa shape index (κ2) is 14.8. The lowest BCUT2D eigenvalue weighted by Crippen LogP contribution is -2.51. The van der Waals surface area contributed by atoms with Crippen molar-refractivity contribution in [1.82, 2.24) is 9.13 Å². The van der Waals surface area contributed by atoms with Gasteiger partial charge in [-0.1, -0.05) is 77.9 Å². The Morgan fingerprint density at radius 2 is 1.56 bits per heavy atom. The Bertz CT molecular complexity index is 1710. The van der Waals surface area contributed by atoms with Gasteiger partial charge in [0.15, 0.2) is 6.23 Å². The molecular weight excluding hydrogens is 578 g/mol. The average Bonchev–Trinajstić information content (AvgIpc) is 3.38. The Kier molecular flexibility index (Phi) is 10.5. The van der Waals surface area contributed by atoms with Gasteiger partial charge in [-0.15, -0.1) is 0 Å². The van der Waals surface area contributed by atoms with E-state index in [2.05, 4.69) is 10.0 Å². The Balaban J connectivity index is 1.51. The van der Waals surface area contributed by atoms with Gasteiger partial charge < -0.3 is 23.7 Å². The van der Waals surface area contributed by atoms with Crippen LogP contribution in [0.2, 0.25) is 0 Å². The SMILES string of the molecule is COc1ccc(Cn2c(=O)ccn([C@@H]3O[C@](CN=[N+]=[N-])(COCc4ccccc4)[C@@H](OCc4ccccc4)[C@H]3OC)c2=O)cc1. The third-order valence-corrected chi connectivity index (χ3v) is 7.73. The summed E-state index contributed by atoms with van der Waals surface area (Å²) in [6.45, 7) is 0.308. The molecular formula is C33H35N5O7. The van der Waals surface area contributed by atoms with E-state index in [9.17, 15) is 15.1 Å². The first kappa shape index (κ1) is 31.7. The van der Waals surface area contributed by atoms with E-state index in [1.807, 2.05) is 60.7 Å². The monoisotopic (exact) mass is 613 g/mol. The molecule has 45 heavy (non-hydrogen) atoms. The maximum atomic E-state index is 13.9. The van der Waals surface area contributed by atoms with Gasteiger partial charge in [0.05, 0.1) is 40.0 Å². The van der Waals surface area contributed by atoms with Crippen LogP contribution in [-0.4, -0.2) is 54.3 Å². The first-order valence-corrected chi connectivity index (χ1v) is 14.4. The van der Waals surface area contributed by atoms with Crippen molar-refractivity contribution in [3.63, 3.8) is 0 Å². The van der Waals surface area contributed by atoms with Gasteiger partial charge in [-0.05, 0) is 34.4 Å². The van der Waals surface area contributed by atoms with E-state index in [0.29, 0.717) is 5.75 Å². The van der Waals surface area contributed by atoms with Crippen molar-refractivity contribution in [2.24, 2.45) is 5.11 Å². The third-order valence-electron chi connectivity index (χ3n) is 7.73. The summed E-state index contributed by atoms with van der Waals surface area (Å²) in [5, 5.41) is 3.86. The summed E-state index contributed by atoms with van der Waals surface area (Å²) in [5.74, 6) is 0.659. The molecule has 1 aliphatic heterocycles. The van der Waals surface area contributed by atoms with Crippen LogP contribution in [0.4, 0.5) is 0 Å². The second-order valence-corrected chi connectivity index (χ2v) is 10.6. The van der Waals surface area contributed by atoms with Gasteiger partial charge in [0.25, 0.3) is 5.56 Å². The molecule has 0 radical (unpaired) electrons. The van der Waals surface area contributed by atoms with Crippen molar-refractivity contribution in [3.8, 4) is 5.75 Å². The molecule has 2 heterocycles. The van der Waals surface area contributed by atoms with E-state index in [1.54, 1.807) is 31.4 Å². The average molecular weight is 614 g/mol. The molecule has 1 aliphatic rings. The number of ether oxygens (including phenoxy) is 5. The van der Waals surface area contributed by atoms with Crippen molar-refractivity contribution in [2.45, 2.75) is 43.8 Å². The minimum Gasteiger partial charge on any atom is -0.497 e. The maximum absolute atomic E-state index is 13.9. The zero-order valence-electron chi connectivity index (χ0n) is 25.1. The molecule has 0 amide bonds. The molecule has 12 heteroatoms. The molecule has 234 valence electrons. The van der Waals surface area contributed by atoms with E-state index >= 15 is 0 Å². The zero-order valence-corrected chi connectivity index (χ0v) is 25.1. The minimum absolute atomic E-state index is 0.0308. The lowest BCUT2D eigenvalue weighted by molar-refractivity contribution is -0.151. The van der Waals surface area contributed by atoms with Crippen molar-refractivity contribution in [3.05, 3.63) is 145 Å². The molecule has 3 aromatic carbocycles. The van der Waals surface area contributed by atoms with Gasteiger partial charge in [0.2, 0.25) is 0 Å². The molecule has 5 rings (SSSR count). The quantitative estimate of drug-likeness (QED) is 0.116. The largest absolute Gasteiger partial charge is 0.497 e. The van der Waals surface area contributed by atoms with Crippen LogP contribution in [0, 0.1) is 0 Å². The number of rotatable bonds is 14. The van der Waals surface area contributed by atoms with E-state index in [1.165, 1.54) is 23.9 Å². The number of aromatic nitrogens is 2. The van der Waals surface area contributed by atoms with Crippen LogP contribution in [0.15, 0.2) is 112 Å². The smallest absolute Gasteiger partial charge is 0.333 e. The summed E-state index contributed by atoms with van der Waals surface area (Å²) in [6.07, 6.45) is -1.33. The molecule has 0 spiro atoms. The van der Waals surface area contributed by atoms with Crippen LogP contribution in [0.3, 0.4) is 0 Å². The maximum Gasteiger partial charge on any atom is 0.333 e. The highest BCUT2D eigenvalue weighted by molar-refractivity contribution is 5.27. The fourth-order valence-electron chi connectivity index (χ4n) is 5.43. The molecule has 4 aromatic rings. The number of hydrogen-bond acceptors (Lipinski definition) is 8. The minimum atomic E-state index is -1.34. The van der Waals surface area contributed by atoms with Crippen molar-refractivity contribution in [1.29, 1.82) is 0 Å². The number of methoxy groups -OCH3 is 2. The Hall–Kier alpha value is -4.71. The first-order valence-electron chi connectivity index (χ1n) is 14.4. The fourth-order valence-corrected chi connectivity index (χ4v) is 5.43. The summed E-state index contributed by atoms with van der Waals surface area (Å²) in [6, 6.07) is 27.6. The van der Waals surface area contributed by atoms with Crippen molar-refractivity contribution in [2.75, 3.05) is 27.4 Å². The molecule has 1 aromatic heterocycles. The van der Waals surface area contributed by atoms with E-state index < -0.39 is 35.3 Å². The first-order chi connectivity index (χ1) is 22.0. The molecule has 0 N–H and O–H groups in total. The number of azide groups is 1. The highest BCUT2D eigenvalue weighted by Crippen LogP contribution is 2.41. The van der Waals surface area contributed by atoms with Crippen LogP contribution in [0.5, 0.6) is 5.75 Å². The van der Waals surface area contributed by atoms with Gasteiger partial charge in [0, 0.05) is 24.3 Å². The number of hydrogen-bond donors (Lipinski definition) is 0. The topological polar surface area (TPSA) is 139 Å². The normalized spacial score (nSPS) is 20.9. The molecule has 0 unspecified atom stereocenters. The summed E-state index contributed by atoms with van der Waals surface area (Å²) < 4.78 is 32.8. The van der Waals surface area contributed by atoms with Crippen LogP contribution < -0.4 is 16.0 Å². The van der Waals surface area contributed by atoms with E-state index in [0.717, 1.165) is 21.3 Å². The summed E-state index contributed by atoms with van der Waals surface area (Å²) in [7, 11) is 3.06.